The van der Waals surface area contributed by atoms with E-state index in [1.807, 2.05) is 18.5 Å². The highest BCUT2D eigenvalue weighted by Gasteiger charge is 2.29. The van der Waals surface area contributed by atoms with Crippen molar-refractivity contribution < 1.29 is 0 Å². The normalized spacial score (nSPS) is 28.5. The van der Waals surface area contributed by atoms with Crippen LogP contribution in [0.3, 0.4) is 0 Å². The van der Waals surface area contributed by atoms with Crippen LogP contribution in [-0.4, -0.2) is 4.98 Å². The van der Waals surface area contributed by atoms with E-state index in [-0.39, 0.29) is 0 Å². The molecule has 1 aliphatic carbocycles. The Kier molecular flexibility index (Phi) is 4.58. The van der Waals surface area contributed by atoms with Gasteiger partial charge in [0.2, 0.25) is 0 Å². The molecule has 0 N–H and O–H groups in total. The highest BCUT2D eigenvalue weighted by atomic mass is 14.6. The fourth-order valence-electron chi connectivity index (χ4n) is 3.48. The van der Waals surface area contributed by atoms with Gasteiger partial charge in [0.1, 0.15) is 0 Å². The Morgan fingerprint density at radius 3 is 2.82 bits per heavy atom. The summed E-state index contributed by atoms with van der Waals surface area (Å²) in [6, 6.07) is 4.24. The minimum Gasteiger partial charge on any atom is -0.264 e. The standard InChI is InChI=1S/C16H25N/c1-3-15-10-13(2)11-16(15)8-4-6-14-7-5-9-17-12-14/h5,7,9,12-13,15-16H,3-4,6,8,10-11H2,1-2H3. The third-order valence-corrected chi connectivity index (χ3v) is 4.36. The first-order chi connectivity index (χ1) is 8.29. The number of nitrogens with zero attached hydrogens (tertiary/aromatic N) is 1. The summed E-state index contributed by atoms with van der Waals surface area (Å²) < 4.78 is 0. The fraction of sp³-hybridized carbons (Fsp3) is 0.688. The zero-order valence-electron chi connectivity index (χ0n) is 11.2. The van der Waals surface area contributed by atoms with Gasteiger partial charge in [0.15, 0.2) is 0 Å². The maximum atomic E-state index is 4.18. The highest BCUT2D eigenvalue weighted by Crippen LogP contribution is 2.40. The predicted octanol–water partition coefficient (Wildman–Crippen LogP) is 4.48. The lowest BCUT2D eigenvalue weighted by atomic mass is 9.89. The Morgan fingerprint density at radius 1 is 1.29 bits per heavy atom. The van der Waals surface area contributed by atoms with E-state index < -0.39 is 0 Å². The Morgan fingerprint density at radius 2 is 2.12 bits per heavy atom. The van der Waals surface area contributed by atoms with Gasteiger partial charge in [-0.2, -0.15) is 0 Å². The van der Waals surface area contributed by atoms with Crippen LogP contribution in [0.15, 0.2) is 24.5 Å². The Hall–Kier alpha value is -0.850. The number of pyridine rings is 1. The van der Waals surface area contributed by atoms with Gasteiger partial charge >= 0.3 is 0 Å². The SMILES string of the molecule is CCC1CC(C)CC1CCCc1cccnc1. The maximum absolute atomic E-state index is 4.18. The molecular formula is C16H25N. The molecule has 0 saturated heterocycles. The van der Waals surface area contributed by atoms with Crippen molar-refractivity contribution in [1.29, 1.82) is 0 Å². The molecule has 3 unspecified atom stereocenters. The number of aryl methyl sites for hydroxylation is 1. The largest absolute Gasteiger partial charge is 0.264 e. The van der Waals surface area contributed by atoms with Gasteiger partial charge in [-0.1, -0.05) is 26.3 Å². The van der Waals surface area contributed by atoms with Crippen molar-refractivity contribution in [3.8, 4) is 0 Å². The first kappa shape index (κ1) is 12.6. The maximum Gasteiger partial charge on any atom is 0.0299 e. The molecule has 0 aliphatic heterocycles. The molecule has 1 aliphatic rings. The molecule has 1 heteroatoms. The van der Waals surface area contributed by atoms with Gasteiger partial charge in [0.25, 0.3) is 0 Å². The molecule has 1 saturated carbocycles. The minimum absolute atomic E-state index is 0.961. The van der Waals surface area contributed by atoms with E-state index in [1.54, 1.807) is 0 Å². The van der Waals surface area contributed by atoms with Gasteiger partial charge in [0.05, 0.1) is 0 Å². The summed E-state index contributed by atoms with van der Waals surface area (Å²) in [5.41, 5.74) is 1.39. The summed E-state index contributed by atoms with van der Waals surface area (Å²) in [7, 11) is 0. The van der Waals surface area contributed by atoms with Gasteiger partial charge in [-0.25, -0.2) is 0 Å². The van der Waals surface area contributed by atoms with Crippen LogP contribution in [0.5, 0.6) is 0 Å². The van der Waals surface area contributed by atoms with E-state index >= 15 is 0 Å². The quantitative estimate of drug-likeness (QED) is 0.728. The summed E-state index contributed by atoms with van der Waals surface area (Å²) >= 11 is 0. The molecule has 0 bridgehead atoms. The smallest absolute Gasteiger partial charge is 0.0299 e. The van der Waals surface area contributed by atoms with Crippen LogP contribution in [0, 0.1) is 17.8 Å². The molecule has 1 fully saturated rings. The van der Waals surface area contributed by atoms with Crippen molar-refractivity contribution in [2.75, 3.05) is 0 Å². The van der Waals surface area contributed by atoms with Crippen molar-refractivity contribution in [3.05, 3.63) is 30.1 Å². The van der Waals surface area contributed by atoms with Gasteiger partial charge < -0.3 is 0 Å². The van der Waals surface area contributed by atoms with E-state index in [0.717, 1.165) is 17.8 Å². The van der Waals surface area contributed by atoms with Crippen molar-refractivity contribution in [2.24, 2.45) is 17.8 Å². The average molecular weight is 231 g/mol. The lowest BCUT2D eigenvalue weighted by molar-refractivity contribution is 0.347. The van der Waals surface area contributed by atoms with Crippen LogP contribution in [0.25, 0.3) is 0 Å². The molecule has 1 aromatic heterocycles. The van der Waals surface area contributed by atoms with Crippen LogP contribution in [0.1, 0.15) is 51.5 Å². The van der Waals surface area contributed by atoms with Crippen LogP contribution in [0.2, 0.25) is 0 Å². The van der Waals surface area contributed by atoms with Crippen LogP contribution < -0.4 is 0 Å². The second-order valence-corrected chi connectivity index (χ2v) is 5.76. The molecule has 3 atom stereocenters. The van der Waals surface area contributed by atoms with E-state index in [2.05, 4.69) is 24.9 Å². The first-order valence-corrected chi connectivity index (χ1v) is 7.18. The zero-order valence-corrected chi connectivity index (χ0v) is 11.2. The van der Waals surface area contributed by atoms with E-state index in [9.17, 15) is 0 Å². The summed E-state index contributed by atoms with van der Waals surface area (Å²) in [5.74, 6) is 2.95. The van der Waals surface area contributed by atoms with Crippen LogP contribution in [0.4, 0.5) is 0 Å². The Balaban J connectivity index is 1.75. The summed E-state index contributed by atoms with van der Waals surface area (Å²) in [6.45, 7) is 4.78. The lowest BCUT2D eigenvalue weighted by Gasteiger charge is -2.17. The number of hydrogen-bond acceptors (Lipinski definition) is 1. The summed E-state index contributed by atoms with van der Waals surface area (Å²) in [4.78, 5) is 4.18. The second-order valence-electron chi connectivity index (χ2n) is 5.76. The molecule has 1 aromatic rings. The van der Waals surface area contributed by atoms with E-state index in [1.165, 1.54) is 44.1 Å². The van der Waals surface area contributed by atoms with Crippen molar-refractivity contribution in [2.45, 2.75) is 52.4 Å². The molecule has 1 heterocycles. The van der Waals surface area contributed by atoms with Crippen molar-refractivity contribution in [3.63, 3.8) is 0 Å². The predicted molar refractivity (Wildman–Crippen MR) is 72.8 cm³/mol. The molecule has 1 nitrogen and oxygen atoms in total. The number of hydrogen-bond donors (Lipinski definition) is 0. The first-order valence-electron chi connectivity index (χ1n) is 7.18. The summed E-state index contributed by atoms with van der Waals surface area (Å²) in [5, 5.41) is 0. The van der Waals surface area contributed by atoms with E-state index in [0.29, 0.717) is 0 Å². The molecular weight excluding hydrogens is 206 g/mol. The molecule has 2 rings (SSSR count). The second kappa shape index (κ2) is 6.18. The van der Waals surface area contributed by atoms with Crippen molar-refractivity contribution >= 4 is 0 Å². The molecule has 17 heavy (non-hydrogen) atoms. The van der Waals surface area contributed by atoms with E-state index in [4.69, 9.17) is 0 Å². The van der Waals surface area contributed by atoms with Crippen LogP contribution in [-0.2, 0) is 6.42 Å². The van der Waals surface area contributed by atoms with Gasteiger partial charge in [-0.3, -0.25) is 4.98 Å². The highest BCUT2D eigenvalue weighted by molar-refractivity contribution is 5.08. The lowest BCUT2D eigenvalue weighted by Crippen LogP contribution is -2.07. The van der Waals surface area contributed by atoms with Gasteiger partial charge in [-0.05, 0) is 61.5 Å². The minimum atomic E-state index is 0.961. The summed E-state index contributed by atoms with van der Waals surface area (Å²) in [6.07, 6.45) is 12.1. The Bertz CT molecular complexity index is 320. The van der Waals surface area contributed by atoms with Crippen LogP contribution >= 0.6 is 0 Å². The molecule has 94 valence electrons. The fourth-order valence-corrected chi connectivity index (χ4v) is 3.48. The number of aromatic nitrogens is 1. The average Bonchev–Trinajstić information content (AvgIpc) is 2.71. The molecule has 0 spiro atoms. The van der Waals surface area contributed by atoms with Crippen molar-refractivity contribution in [1.82, 2.24) is 4.98 Å². The Labute approximate surface area is 106 Å². The van der Waals surface area contributed by atoms with Gasteiger partial charge in [0, 0.05) is 12.4 Å². The molecule has 0 amide bonds. The monoisotopic (exact) mass is 231 g/mol. The third-order valence-electron chi connectivity index (χ3n) is 4.36. The number of rotatable bonds is 5. The zero-order chi connectivity index (χ0) is 12.1. The third kappa shape index (κ3) is 3.55. The topological polar surface area (TPSA) is 12.9 Å². The molecule has 0 aromatic carbocycles. The molecule has 0 radical (unpaired) electrons. The van der Waals surface area contributed by atoms with Gasteiger partial charge in [-0.15, -0.1) is 0 Å².